The molecule has 0 aliphatic heterocycles. The SMILES string of the molecule is CC(C)CNCCCCOC(C)C(C)C. The van der Waals surface area contributed by atoms with Crippen LogP contribution < -0.4 is 5.32 Å². The van der Waals surface area contributed by atoms with Crippen molar-refractivity contribution in [1.82, 2.24) is 5.32 Å². The molecule has 92 valence electrons. The summed E-state index contributed by atoms with van der Waals surface area (Å²) in [6.45, 7) is 14.2. The van der Waals surface area contributed by atoms with Crippen molar-refractivity contribution in [2.45, 2.75) is 53.6 Å². The third-order valence-electron chi connectivity index (χ3n) is 2.62. The van der Waals surface area contributed by atoms with Crippen LogP contribution in [0.3, 0.4) is 0 Å². The van der Waals surface area contributed by atoms with E-state index in [-0.39, 0.29) is 0 Å². The topological polar surface area (TPSA) is 21.3 Å². The van der Waals surface area contributed by atoms with Crippen LogP contribution in [0.5, 0.6) is 0 Å². The van der Waals surface area contributed by atoms with Gasteiger partial charge >= 0.3 is 0 Å². The lowest BCUT2D eigenvalue weighted by molar-refractivity contribution is 0.0334. The summed E-state index contributed by atoms with van der Waals surface area (Å²) < 4.78 is 5.70. The van der Waals surface area contributed by atoms with Gasteiger partial charge in [-0.25, -0.2) is 0 Å². The van der Waals surface area contributed by atoms with Crippen LogP contribution in [0.25, 0.3) is 0 Å². The van der Waals surface area contributed by atoms with Gasteiger partial charge in [-0.1, -0.05) is 27.7 Å². The van der Waals surface area contributed by atoms with E-state index in [1.807, 2.05) is 0 Å². The van der Waals surface area contributed by atoms with Crippen molar-refractivity contribution in [2.24, 2.45) is 11.8 Å². The Bertz CT molecular complexity index is 134. The van der Waals surface area contributed by atoms with E-state index in [2.05, 4.69) is 39.9 Å². The summed E-state index contributed by atoms with van der Waals surface area (Å²) in [5.41, 5.74) is 0. The number of unbranched alkanes of at least 4 members (excludes halogenated alkanes) is 1. The fourth-order valence-electron chi connectivity index (χ4n) is 1.20. The monoisotopic (exact) mass is 215 g/mol. The van der Waals surface area contributed by atoms with Gasteiger partial charge in [-0.05, 0) is 44.7 Å². The molecule has 0 bridgehead atoms. The summed E-state index contributed by atoms with van der Waals surface area (Å²) in [6, 6.07) is 0. The molecule has 0 rings (SSSR count). The molecule has 2 heteroatoms. The molecule has 0 aliphatic carbocycles. The molecule has 1 N–H and O–H groups in total. The van der Waals surface area contributed by atoms with Crippen molar-refractivity contribution < 1.29 is 4.74 Å². The standard InChI is InChI=1S/C13H29NO/c1-11(2)10-14-8-6-7-9-15-13(5)12(3)4/h11-14H,6-10H2,1-5H3. The lowest BCUT2D eigenvalue weighted by Crippen LogP contribution is -2.21. The van der Waals surface area contributed by atoms with E-state index in [9.17, 15) is 0 Å². The molecule has 0 amide bonds. The first-order chi connectivity index (χ1) is 7.04. The van der Waals surface area contributed by atoms with Crippen LogP contribution in [-0.4, -0.2) is 25.8 Å². The molecule has 0 aliphatic rings. The maximum absolute atomic E-state index is 5.70. The summed E-state index contributed by atoms with van der Waals surface area (Å²) in [7, 11) is 0. The Morgan fingerprint density at radius 1 is 1.00 bits per heavy atom. The Morgan fingerprint density at radius 3 is 2.20 bits per heavy atom. The lowest BCUT2D eigenvalue weighted by Gasteiger charge is -2.16. The molecule has 0 spiro atoms. The number of nitrogens with one attached hydrogen (secondary N) is 1. The van der Waals surface area contributed by atoms with Gasteiger partial charge < -0.3 is 10.1 Å². The normalized spacial score (nSPS) is 13.8. The van der Waals surface area contributed by atoms with Crippen LogP contribution in [0.4, 0.5) is 0 Å². The molecule has 0 heterocycles. The summed E-state index contributed by atoms with van der Waals surface area (Å²) in [6.07, 6.45) is 2.79. The fourth-order valence-corrected chi connectivity index (χ4v) is 1.20. The summed E-state index contributed by atoms with van der Waals surface area (Å²) in [5, 5.41) is 3.44. The summed E-state index contributed by atoms with van der Waals surface area (Å²) >= 11 is 0. The highest BCUT2D eigenvalue weighted by Gasteiger charge is 2.05. The Hall–Kier alpha value is -0.0800. The first-order valence-corrected chi connectivity index (χ1v) is 6.36. The molecule has 1 atom stereocenters. The van der Waals surface area contributed by atoms with Gasteiger partial charge in [0.25, 0.3) is 0 Å². The van der Waals surface area contributed by atoms with Crippen molar-refractivity contribution in [3.05, 3.63) is 0 Å². The highest BCUT2D eigenvalue weighted by molar-refractivity contribution is 4.55. The van der Waals surface area contributed by atoms with Crippen LogP contribution in [0, 0.1) is 11.8 Å². The molecule has 0 aromatic heterocycles. The van der Waals surface area contributed by atoms with E-state index < -0.39 is 0 Å². The van der Waals surface area contributed by atoms with Crippen molar-refractivity contribution >= 4 is 0 Å². The van der Waals surface area contributed by atoms with Crippen molar-refractivity contribution in [3.8, 4) is 0 Å². The van der Waals surface area contributed by atoms with Gasteiger partial charge in [-0.3, -0.25) is 0 Å². The average molecular weight is 215 g/mol. The lowest BCUT2D eigenvalue weighted by atomic mass is 10.1. The van der Waals surface area contributed by atoms with Gasteiger partial charge in [0.1, 0.15) is 0 Å². The second kappa shape index (κ2) is 9.17. The van der Waals surface area contributed by atoms with Crippen LogP contribution in [0.15, 0.2) is 0 Å². The zero-order valence-electron chi connectivity index (χ0n) is 11.2. The van der Waals surface area contributed by atoms with Gasteiger partial charge in [0.15, 0.2) is 0 Å². The number of hydrogen-bond donors (Lipinski definition) is 1. The minimum atomic E-state index is 0.397. The van der Waals surface area contributed by atoms with E-state index >= 15 is 0 Å². The second-order valence-electron chi connectivity index (χ2n) is 5.13. The van der Waals surface area contributed by atoms with Crippen LogP contribution in [0.2, 0.25) is 0 Å². The third kappa shape index (κ3) is 10.2. The van der Waals surface area contributed by atoms with E-state index in [0.29, 0.717) is 12.0 Å². The Morgan fingerprint density at radius 2 is 1.67 bits per heavy atom. The minimum Gasteiger partial charge on any atom is -0.378 e. The number of ether oxygens (including phenoxy) is 1. The molecular formula is C13H29NO. The zero-order chi connectivity index (χ0) is 11.7. The summed E-state index contributed by atoms with van der Waals surface area (Å²) in [4.78, 5) is 0. The van der Waals surface area contributed by atoms with Crippen molar-refractivity contribution in [2.75, 3.05) is 19.7 Å². The maximum Gasteiger partial charge on any atom is 0.0569 e. The molecule has 15 heavy (non-hydrogen) atoms. The van der Waals surface area contributed by atoms with E-state index in [4.69, 9.17) is 4.74 Å². The highest BCUT2D eigenvalue weighted by Crippen LogP contribution is 2.05. The molecule has 0 saturated carbocycles. The third-order valence-corrected chi connectivity index (χ3v) is 2.62. The first-order valence-electron chi connectivity index (χ1n) is 6.36. The molecule has 0 saturated heterocycles. The fraction of sp³-hybridized carbons (Fsp3) is 1.00. The van der Waals surface area contributed by atoms with Crippen LogP contribution in [-0.2, 0) is 4.74 Å². The Kier molecular flexibility index (Phi) is 9.12. The molecular weight excluding hydrogens is 186 g/mol. The molecule has 0 aromatic rings. The van der Waals surface area contributed by atoms with Gasteiger partial charge in [0, 0.05) is 6.61 Å². The van der Waals surface area contributed by atoms with Gasteiger partial charge in [0.2, 0.25) is 0 Å². The predicted octanol–water partition coefficient (Wildman–Crippen LogP) is 3.07. The zero-order valence-corrected chi connectivity index (χ0v) is 11.2. The number of rotatable bonds is 9. The highest BCUT2D eigenvalue weighted by atomic mass is 16.5. The van der Waals surface area contributed by atoms with E-state index in [1.54, 1.807) is 0 Å². The first kappa shape index (κ1) is 14.9. The van der Waals surface area contributed by atoms with Gasteiger partial charge in [-0.15, -0.1) is 0 Å². The average Bonchev–Trinajstić information content (AvgIpc) is 2.15. The molecule has 1 unspecified atom stereocenters. The number of hydrogen-bond acceptors (Lipinski definition) is 2. The van der Waals surface area contributed by atoms with Crippen LogP contribution in [0.1, 0.15) is 47.5 Å². The van der Waals surface area contributed by atoms with Gasteiger partial charge in [0.05, 0.1) is 6.10 Å². The molecule has 0 fully saturated rings. The molecule has 0 radical (unpaired) electrons. The molecule has 2 nitrogen and oxygen atoms in total. The van der Waals surface area contributed by atoms with Crippen molar-refractivity contribution in [1.29, 1.82) is 0 Å². The van der Waals surface area contributed by atoms with E-state index in [0.717, 1.165) is 25.6 Å². The van der Waals surface area contributed by atoms with Crippen LogP contribution >= 0.6 is 0 Å². The largest absolute Gasteiger partial charge is 0.378 e. The predicted molar refractivity (Wildman–Crippen MR) is 67.2 cm³/mol. The summed E-state index contributed by atoms with van der Waals surface area (Å²) in [5.74, 6) is 1.38. The Labute approximate surface area is 95.8 Å². The smallest absolute Gasteiger partial charge is 0.0569 e. The van der Waals surface area contributed by atoms with E-state index in [1.165, 1.54) is 12.8 Å². The quantitative estimate of drug-likeness (QED) is 0.597. The minimum absolute atomic E-state index is 0.397. The molecule has 0 aromatic carbocycles. The second-order valence-corrected chi connectivity index (χ2v) is 5.13. The van der Waals surface area contributed by atoms with Crippen molar-refractivity contribution in [3.63, 3.8) is 0 Å². The Balaban J connectivity index is 3.11. The maximum atomic E-state index is 5.70. The van der Waals surface area contributed by atoms with Gasteiger partial charge in [-0.2, -0.15) is 0 Å².